The lowest BCUT2D eigenvalue weighted by Gasteiger charge is -2.06. The number of benzene rings is 2. The van der Waals surface area contributed by atoms with E-state index in [4.69, 9.17) is 9.47 Å². The highest BCUT2D eigenvalue weighted by Gasteiger charge is 2.14. The van der Waals surface area contributed by atoms with Crippen LogP contribution >= 0.6 is 0 Å². The minimum atomic E-state index is -0.219. The molecule has 4 rings (SSSR count). The van der Waals surface area contributed by atoms with Crippen molar-refractivity contribution >= 4 is 11.6 Å². The first-order chi connectivity index (χ1) is 11.3. The smallest absolute Gasteiger partial charge is 0.255 e. The summed E-state index contributed by atoms with van der Waals surface area (Å²) in [7, 11) is 0. The second kappa shape index (κ2) is 5.41. The average molecular weight is 309 g/mol. The Morgan fingerprint density at radius 3 is 2.70 bits per heavy atom. The van der Waals surface area contributed by atoms with Gasteiger partial charge in [0.25, 0.3) is 5.91 Å². The predicted molar refractivity (Wildman–Crippen MR) is 80.1 cm³/mol. The summed E-state index contributed by atoms with van der Waals surface area (Å²) in [4.78, 5) is 12.3. The monoisotopic (exact) mass is 309 g/mol. The molecule has 23 heavy (non-hydrogen) atoms. The van der Waals surface area contributed by atoms with Gasteiger partial charge in [0.05, 0.1) is 0 Å². The number of nitrogens with one attached hydrogen (secondary N) is 2. The van der Waals surface area contributed by atoms with Crippen molar-refractivity contribution in [3.05, 3.63) is 48.0 Å². The van der Waals surface area contributed by atoms with E-state index in [2.05, 4.69) is 25.9 Å². The van der Waals surface area contributed by atoms with Crippen molar-refractivity contribution in [2.45, 2.75) is 0 Å². The fourth-order valence-electron chi connectivity index (χ4n) is 2.23. The number of hydrogen-bond acceptors (Lipinski definition) is 6. The molecule has 2 N–H and O–H groups in total. The van der Waals surface area contributed by atoms with Crippen LogP contribution in [-0.4, -0.2) is 33.3 Å². The molecule has 0 radical (unpaired) electrons. The van der Waals surface area contributed by atoms with Gasteiger partial charge in [-0.1, -0.05) is 12.1 Å². The average Bonchev–Trinajstić information content (AvgIpc) is 3.26. The van der Waals surface area contributed by atoms with Gasteiger partial charge in [-0.05, 0) is 29.5 Å². The zero-order chi connectivity index (χ0) is 15.6. The quantitative estimate of drug-likeness (QED) is 0.765. The molecule has 8 heteroatoms. The Bertz CT molecular complexity index is 846. The first kappa shape index (κ1) is 13.3. The number of aromatic nitrogens is 4. The molecule has 3 aromatic rings. The number of amides is 1. The summed E-state index contributed by atoms with van der Waals surface area (Å²) in [6.07, 6.45) is 0. The standard InChI is InChI=1S/C15H11N5O3/c21-15(16-11-5-6-12-13(7-11)23-8-22-12)10-3-1-9(2-4-10)14-17-19-20-18-14/h1-7H,8H2,(H,16,21)(H,17,18,19,20). The molecule has 0 bridgehead atoms. The van der Waals surface area contributed by atoms with Gasteiger partial charge in [-0.25, -0.2) is 0 Å². The Balaban J connectivity index is 1.51. The highest BCUT2D eigenvalue weighted by Crippen LogP contribution is 2.34. The van der Waals surface area contributed by atoms with E-state index in [1.807, 2.05) is 0 Å². The number of nitrogens with zero attached hydrogens (tertiary/aromatic N) is 3. The van der Waals surface area contributed by atoms with E-state index >= 15 is 0 Å². The zero-order valence-corrected chi connectivity index (χ0v) is 11.8. The SMILES string of the molecule is O=C(Nc1ccc2c(c1)OCO2)c1ccc(-c2nn[nH]n2)cc1. The number of anilines is 1. The van der Waals surface area contributed by atoms with Gasteiger partial charge in [0.2, 0.25) is 12.6 Å². The number of rotatable bonds is 3. The van der Waals surface area contributed by atoms with Crippen LogP contribution in [0.3, 0.4) is 0 Å². The number of tetrazole rings is 1. The molecular formula is C15H11N5O3. The van der Waals surface area contributed by atoms with Gasteiger partial charge in [-0.15, -0.1) is 10.2 Å². The van der Waals surface area contributed by atoms with Crippen LogP contribution in [0.15, 0.2) is 42.5 Å². The molecule has 1 aliphatic rings. The molecule has 2 heterocycles. The van der Waals surface area contributed by atoms with Crippen LogP contribution in [0.5, 0.6) is 11.5 Å². The number of aromatic amines is 1. The number of ether oxygens (including phenoxy) is 2. The van der Waals surface area contributed by atoms with E-state index in [-0.39, 0.29) is 12.7 Å². The summed E-state index contributed by atoms with van der Waals surface area (Å²) in [6.45, 7) is 0.199. The Kier molecular flexibility index (Phi) is 3.12. The number of carbonyl (C=O) groups is 1. The molecular weight excluding hydrogens is 298 g/mol. The van der Waals surface area contributed by atoms with Crippen molar-refractivity contribution in [3.63, 3.8) is 0 Å². The highest BCUT2D eigenvalue weighted by atomic mass is 16.7. The second-order valence-electron chi connectivity index (χ2n) is 4.83. The maximum absolute atomic E-state index is 12.3. The van der Waals surface area contributed by atoms with Crippen molar-refractivity contribution < 1.29 is 14.3 Å². The summed E-state index contributed by atoms with van der Waals surface area (Å²) >= 11 is 0. The first-order valence-electron chi connectivity index (χ1n) is 6.84. The third-order valence-corrected chi connectivity index (χ3v) is 3.38. The van der Waals surface area contributed by atoms with Crippen molar-refractivity contribution in [2.24, 2.45) is 0 Å². The number of fused-ring (bicyclic) bond motifs is 1. The predicted octanol–water partition coefficient (Wildman–Crippen LogP) is 1.85. The summed E-state index contributed by atoms with van der Waals surface area (Å²) in [6, 6.07) is 12.2. The Morgan fingerprint density at radius 1 is 1.09 bits per heavy atom. The van der Waals surface area contributed by atoms with Crippen molar-refractivity contribution in [3.8, 4) is 22.9 Å². The van der Waals surface area contributed by atoms with Crippen LogP contribution in [0, 0.1) is 0 Å². The highest BCUT2D eigenvalue weighted by molar-refractivity contribution is 6.04. The molecule has 8 nitrogen and oxygen atoms in total. The van der Waals surface area contributed by atoms with Crippen LogP contribution in [0.1, 0.15) is 10.4 Å². The van der Waals surface area contributed by atoms with Crippen LogP contribution in [0.4, 0.5) is 5.69 Å². The fraction of sp³-hybridized carbons (Fsp3) is 0.0667. The van der Waals surface area contributed by atoms with Crippen molar-refractivity contribution in [1.29, 1.82) is 0 Å². The van der Waals surface area contributed by atoms with Crippen LogP contribution in [0.2, 0.25) is 0 Å². The molecule has 1 aromatic heterocycles. The van der Waals surface area contributed by atoms with Crippen LogP contribution in [-0.2, 0) is 0 Å². The molecule has 0 saturated carbocycles. The number of H-pyrrole nitrogens is 1. The molecule has 0 spiro atoms. The minimum Gasteiger partial charge on any atom is -0.454 e. The Labute approximate surface area is 130 Å². The molecule has 0 atom stereocenters. The summed E-state index contributed by atoms with van der Waals surface area (Å²) in [5, 5.41) is 16.5. The lowest BCUT2D eigenvalue weighted by molar-refractivity contribution is 0.102. The molecule has 0 aliphatic carbocycles. The third-order valence-electron chi connectivity index (χ3n) is 3.38. The maximum atomic E-state index is 12.3. The lowest BCUT2D eigenvalue weighted by atomic mass is 10.1. The maximum Gasteiger partial charge on any atom is 0.255 e. The molecule has 1 aliphatic heterocycles. The van der Waals surface area contributed by atoms with E-state index in [0.717, 1.165) is 5.56 Å². The summed E-state index contributed by atoms with van der Waals surface area (Å²) < 4.78 is 10.5. The van der Waals surface area contributed by atoms with Crippen LogP contribution < -0.4 is 14.8 Å². The van der Waals surface area contributed by atoms with Gasteiger partial charge >= 0.3 is 0 Å². The van der Waals surface area contributed by atoms with Gasteiger partial charge < -0.3 is 14.8 Å². The fourth-order valence-corrected chi connectivity index (χ4v) is 2.23. The third kappa shape index (κ3) is 2.57. The molecule has 0 unspecified atom stereocenters. The molecule has 0 fully saturated rings. The van der Waals surface area contributed by atoms with Crippen molar-refractivity contribution in [1.82, 2.24) is 20.6 Å². The summed E-state index contributed by atoms with van der Waals surface area (Å²) in [5.74, 6) is 1.55. The van der Waals surface area contributed by atoms with Gasteiger partial charge in [0, 0.05) is 22.9 Å². The topological polar surface area (TPSA) is 102 Å². The second-order valence-corrected chi connectivity index (χ2v) is 4.83. The number of hydrogen-bond donors (Lipinski definition) is 2. The Morgan fingerprint density at radius 2 is 1.91 bits per heavy atom. The lowest BCUT2D eigenvalue weighted by Crippen LogP contribution is -2.11. The Hall–Kier alpha value is -3.42. The molecule has 2 aromatic carbocycles. The zero-order valence-electron chi connectivity index (χ0n) is 11.8. The molecule has 0 saturated heterocycles. The van der Waals surface area contributed by atoms with E-state index < -0.39 is 0 Å². The normalized spacial score (nSPS) is 12.2. The van der Waals surface area contributed by atoms with E-state index in [9.17, 15) is 4.79 Å². The first-order valence-corrected chi connectivity index (χ1v) is 6.84. The molecule has 1 amide bonds. The van der Waals surface area contributed by atoms with E-state index in [1.54, 1.807) is 42.5 Å². The van der Waals surface area contributed by atoms with Gasteiger partial charge in [-0.2, -0.15) is 5.21 Å². The largest absolute Gasteiger partial charge is 0.454 e. The molecule has 114 valence electrons. The van der Waals surface area contributed by atoms with E-state index in [0.29, 0.717) is 28.6 Å². The van der Waals surface area contributed by atoms with Gasteiger partial charge in [0.15, 0.2) is 11.5 Å². The van der Waals surface area contributed by atoms with Gasteiger partial charge in [-0.3, -0.25) is 4.79 Å². The summed E-state index contributed by atoms with van der Waals surface area (Å²) in [5.41, 5.74) is 1.94. The van der Waals surface area contributed by atoms with Crippen molar-refractivity contribution in [2.75, 3.05) is 12.1 Å². The van der Waals surface area contributed by atoms with Crippen LogP contribution in [0.25, 0.3) is 11.4 Å². The van der Waals surface area contributed by atoms with E-state index in [1.165, 1.54) is 0 Å². The number of carbonyl (C=O) groups excluding carboxylic acids is 1. The minimum absolute atomic E-state index is 0.199. The van der Waals surface area contributed by atoms with Gasteiger partial charge in [0.1, 0.15) is 0 Å².